The van der Waals surface area contributed by atoms with Crippen LogP contribution < -0.4 is 5.32 Å². The van der Waals surface area contributed by atoms with Crippen molar-refractivity contribution in [1.82, 2.24) is 15.3 Å². The molecule has 1 saturated heterocycles. The van der Waals surface area contributed by atoms with Gasteiger partial charge in [-0.2, -0.15) is 0 Å². The minimum atomic E-state index is -0.717. The van der Waals surface area contributed by atoms with Crippen molar-refractivity contribution in [3.05, 3.63) is 24.3 Å². The molecule has 1 aromatic heterocycles. The Hall–Kier alpha value is -1.49. The second-order valence-corrected chi connectivity index (χ2v) is 3.70. The second-order valence-electron chi connectivity index (χ2n) is 3.70. The maximum Gasteiger partial charge on any atom is 0.306 e. The molecule has 0 aromatic carbocycles. The zero-order valence-electron chi connectivity index (χ0n) is 8.26. The monoisotopic (exact) mass is 207 g/mol. The Kier molecular flexibility index (Phi) is 2.91. The van der Waals surface area contributed by atoms with E-state index in [1.54, 1.807) is 18.6 Å². The number of hydrogen-bond acceptors (Lipinski definition) is 4. The third-order valence-corrected chi connectivity index (χ3v) is 2.69. The van der Waals surface area contributed by atoms with Crippen LogP contribution in [-0.4, -0.2) is 27.6 Å². The van der Waals surface area contributed by atoms with Crippen molar-refractivity contribution in [3.63, 3.8) is 0 Å². The number of carboxylic acids is 1. The van der Waals surface area contributed by atoms with Gasteiger partial charge in [0.15, 0.2) is 0 Å². The van der Waals surface area contributed by atoms with Crippen LogP contribution in [0.1, 0.15) is 24.6 Å². The van der Waals surface area contributed by atoms with Crippen LogP contribution in [0.15, 0.2) is 18.6 Å². The molecule has 1 fully saturated rings. The summed E-state index contributed by atoms with van der Waals surface area (Å²) in [6.07, 6.45) is 6.20. The van der Waals surface area contributed by atoms with E-state index in [4.69, 9.17) is 5.11 Å². The van der Waals surface area contributed by atoms with Crippen molar-refractivity contribution < 1.29 is 9.90 Å². The van der Waals surface area contributed by atoms with E-state index < -0.39 is 5.97 Å². The van der Waals surface area contributed by atoms with Gasteiger partial charge in [0.2, 0.25) is 0 Å². The lowest BCUT2D eigenvalue weighted by molar-refractivity contribution is -0.143. The van der Waals surface area contributed by atoms with Gasteiger partial charge in [-0.1, -0.05) is 0 Å². The summed E-state index contributed by atoms with van der Waals surface area (Å²) < 4.78 is 0. The molecule has 1 aliphatic heterocycles. The van der Waals surface area contributed by atoms with Crippen molar-refractivity contribution >= 4 is 5.97 Å². The molecule has 2 rings (SSSR count). The van der Waals surface area contributed by atoms with E-state index in [2.05, 4.69) is 15.3 Å². The van der Waals surface area contributed by atoms with Gasteiger partial charge < -0.3 is 10.4 Å². The van der Waals surface area contributed by atoms with E-state index in [9.17, 15) is 4.79 Å². The topological polar surface area (TPSA) is 75.1 Å². The van der Waals surface area contributed by atoms with Crippen LogP contribution in [0.3, 0.4) is 0 Å². The fourth-order valence-corrected chi connectivity index (χ4v) is 1.86. The van der Waals surface area contributed by atoms with E-state index in [0.29, 0.717) is 12.8 Å². The van der Waals surface area contributed by atoms with Gasteiger partial charge in [0.05, 0.1) is 17.7 Å². The Labute approximate surface area is 87.6 Å². The van der Waals surface area contributed by atoms with Crippen LogP contribution in [0, 0.1) is 5.92 Å². The molecule has 0 aliphatic carbocycles. The predicted molar refractivity (Wildman–Crippen MR) is 53.1 cm³/mol. The SMILES string of the molecule is O=C(O)C1CCNC(c2cnccn2)C1. The fraction of sp³-hybridized carbons (Fsp3) is 0.500. The summed E-state index contributed by atoms with van der Waals surface area (Å²) >= 11 is 0. The van der Waals surface area contributed by atoms with Crippen molar-refractivity contribution in [2.75, 3.05) is 6.54 Å². The largest absolute Gasteiger partial charge is 0.481 e. The van der Waals surface area contributed by atoms with Crippen LogP contribution in [0.2, 0.25) is 0 Å². The number of carboxylic acid groups (broad SMARTS) is 1. The maximum atomic E-state index is 10.9. The van der Waals surface area contributed by atoms with Crippen LogP contribution in [0.5, 0.6) is 0 Å². The zero-order chi connectivity index (χ0) is 10.7. The molecule has 0 spiro atoms. The van der Waals surface area contributed by atoms with Gasteiger partial charge in [-0.15, -0.1) is 0 Å². The first-order valence-electron chi connectivity index (χ1n) is 4.99. The lowest BCUT2D eigenvalue weighted by atomic mass is 9.91. The summed E-state index contributed by atoms with van der Waals surface area (Å²) in [5.74, 6) is -0.983. The molecule has 2 atom stereocenters. The minimum absolute atomic E-state index is 0.0218. The average Bonchev–Trinajstić information content (AvgIpc) is 2.30. The molecule has 0 bridgehead atoms. The molecule has 2 unspecified atom stereocenters. The molecule has 5 heteroatoms. The summed E-state index contributed by atoms with van der Waals surface area (Å²) in [7, 11) is 0. The Morgan fingerprint density at radius 2 is 2.40 bits per heavy atom. The lowest BCUT2D eigenvalue weighted by Gasteiger charge is -2.27. The number of rotatable bonds is 2. The molecule has 15 heavy (non-hydrogen) atoms. The molecular weight excluding hydrogens is 194 g/mol. The number of piperidine rings is 1. The van der Waals surface area contributed by atoms with Crippen molar-refractivity contribution in [1.29, 1.82) is 0 Å². The fourth-order valence-electron chi connectivity index (χ4n) is 1.86. The average molecular weight is 207 g/mol. The Bertz CT molecular complexity index is 342. The van der Waals surface area contributed by atoms with Gasteiger partial charge in [0, 0.05) is 18.6 Å². The molecule has 0 amide bonds. The number of carbonyl (C=O) groups is 1. The Morgan fingerprint density at radius 1 is 1.53 bits per heavy atom. The van der Waals surface area contributed by atoms with Gasteiger partial charge in [-0.05, 0) is 19.4 Å². The summed E-state index contributed by atoms with van der Waals surface area (Å²) in [4.78, 5) is 19.0. The van der Waals surface area contributed by atoms with Gasteiger partial charge in [0.1, 0.15) is 0 Å². The molecule has 2 N–H and O–H groups in total. The van der Waals surface area contributed by atoms with E-state index in [1.165, 1.54) is 0 Å². The van der Waals surface area contributed by atoms with E-state index in [0.717, 1.165) is 12.2 Å². The highest BCUT2D eigenvalue weighted by Gasteiger charge is 2.28. The summed E-state index contributed by atoms with van der Waals surface area (Å²) in [5, 5.41) is 12.2. The molecule has 5 nitrogen and oxygen atoms in total. The third kappa shape index (κ3) is 2.30. The lowest BCUT2D eigenvalue weighted by Crippen LogP contribution is -2.35. The molecule has 1 aromatic rings. The highest BCUT2D eigenvalue weighted by atomic mass is 16.4. The summed E-state index contributed by atoms with van der Waals surface area (Å²) in [6, 6.07) is 0.0218. The first-order chi connectivity index (χ1) is 7.27. The molecule has 80 valence electrons. The Balaban J connectivity index is 2.08. The van der Waals surface area contributed by atoms with Crippen LogP contribution in [0.25, 0.3) is 0 Å². The molecule has 1 aliphatic rings. The molecule has 0 saturated carbocycles. The molecule has 2 heterocycles. The summed E-state index contributed by atoms with van der Waals surface area (Å²) in [5.41, 5.74) is 0.823. The van der Waals surface area contributed by atoms with Crippen LogP contribution in [-0.2, 0) is 4.79 Å². The number of nitrogens with zero attached hydrogens (tertiary/aromatic N) is 2. The smallest absolute Gasteiger partial charge is 0.306 e. The first-order valence-corrected chi connectivity index (χ1v) is 4.99. The van der Waals surface area contributed by atoms with Gasteiger partial charge in [0.25, 0.3) is 0 Å². The highest BCUT2D eigenvalue weighted by molar-refractivity contribution is 5.70. The van der Waals surface area contributed by atoms with Crippen molar-refractivity contribution in [3.8, 4) is 0 Å². The highest BCUT2D eigenvalue weighted by Crippen LogP contribution is 2.25. The summed E-state index contributed by atoms with van der Waals surface area (Å²) in [6.45, 7) is 0.720. The number of hydrogen-bond donors (Lipinski definition) is 2. The normalized spacial score (nSPS) is 26.1. The standard InChI is InChI=1S/C10H13N3O2/c14-10(15)7-1-2-12-8(5-7)9-6-11-3-4-13-9/h3-4,6-8,12H,1-2,5H2,(H,14,15). The quantitative estimate of drug-likeness (QED) is 0.742. The van der Waals surface area contributed by atoms with Crippen molar-refractivity contribution in [2.45, 2.75) is 18.9 Å². The van der Waals surface area contributed by atoms with E-state index in [-0.39, 0.29) is 12.0 Å². The first kappa shape index (κ1) is 10.0. The van der Waals surface area contributed by atoms with Gasteiger partial charge in [-0.3, -0.25) is 14.8 Å². The zero-order valence-corrected chi connectivity index (χ0v) is 8.26. The Morgan fingerprint density at radius 3 is 3.07 bits per heavy atom. The third-order valence-electron chi connectivity index (χ3n) is 2.69. The van der Waals surface area contributed by atoms with Gasteiger partial charge >= 0.3 is 5.97 Å². The van der Waals surface area contributed by atoms with Crippen LogP contribution >= 0.6 is 0 Å². The number of aliphatic carboxylic acids is 1. The van der Waals surface area contributed by atoms with Crippen LogP contribution in [0.4, 0.5) is 0 Å². The number of aromatic nitrogens is 2. The van der Waals surface area contributed by atoms with Gasteiger partial charge in [-0.25, -0.2) is 0 Å². The molecular formula is C10H13N3O2. The minimum Gasteiger partial charge on any atom is -0.481 e. The molecule has 0 radical (unpaired) electrons. The second kappa shape index (κ2) is 4.35. The predicted octanol–water partition coefficient (Wildman–Crippen LogP) is 0.602. The van der Waals surface area contributed by atoms with E-state index >= 15 is 0 Å². The van der Waals surface area contributed by atoms with E-state index in [1.807, 2.05) is 0 Å². The maximum absolute atomic E-state index is 10.9. The van der Waals surface area contributed by atoms with Crippen molar-refractivity contribution in [2.24, 2.45) is 5.92 Å². The number of nitrogens with one attached hydrogen (secondary N) is 1.